The molecule has 0 aliphatic heterocycles. The zero-order valence-electron chi connectivity index (χ0n) is 27.3. The maximum atomic E-state index is 14.9. The molecule has 0 aromatic heterocycles. The predicted octanol–water partition coefficient (Wildman–Crippen LogP) is 6.65. The van der Waals surface area contributed by atoms with Gasteiger partial charge in [0.25, 0.3) is 0 Å². The van der Waals surface area contributed by atoms with Crippen molar-refractivity contribution in [2.24, 2.45) is 0 Å². The van der Waals surface area contributed by atoms with E-state index < -0.39 is 29.3 Å². The van der Waals surface area contributed by atoms with Crippen LogP contribution in [0.2, 0.25) is 0 Å². The van der Waals surface area contributed by atoms with E-state index in [1.165, 1.54) is 0 Å². The highest BCUT2D eigenvalue weighted by atomic mass is 16.6. The third-order valence-electron chi connectivity index (χ3n) is 8.39. The van der Waals surface area contributed by atoms with E-state index in [-0.39, 0.29) is 30.0 Å². The monoisotopic (exact) mass is 593 g/mol. The quantitative estimate of drug-likeness (QED) is 0.286. The van der Waals surface area contributed by atoms with Gasteiger partial charge in [0.1, 0.15) is 23.4 Å². The number of ether oxygens (including phenoxy) is 1. The number of phenolic OH excluding ortho intramolecular Hbond substituents is 1. The Morgan fingerprint density at radius 2 is 1.53 bits per heavy atom. The maximum Gasteiger partial charge on any atom is 0.408 e. The first-order chi connectivity index (χ1) is 20.1. The van der Waals surface area contributed by atoms with Crippen molar-refractivity contribution in [3.63, 3.8) is 0 Å². The lowest BCUT2D eigenvalue weighted by molar-refractivity contribution is -0.149. The number of hydrogen-bond donors (Lipinski definition) is 3. The lowest BCUT2D eigenvalue weighted by atomic mass is 9.87. The van der Waals surface area contributed by atoms with Crippen molar-refractivity contribution >= 4 is 17.9 Å². The molecular weight excluding hydrogens is 542 g/mol. The fraction of sp³-hybridized carbons (Fsp3) is 0.571. The van der Waals surface area contributed by atoms with Crippen molar-refractivity contribution in [3.05, 3.63) is 64.7 Å². The normalized spacial score (nSPS) is 15.7. The third kappa shape index (κ3) is 9.22. The molecule has 1 saturated carbocycles. The molecule has 43 heavy (non-hydrogen) atoms. The van der Waals surface area contributed by atoms with Gasteiger partial charge in [0, 0.05) is 18.0 Å². The van der Waals surface area contributed by atoms with Crippen LogP contribution in [0.5, 0.6) is 5.75 Å². The van der Waals surface area contributed by atoms with E-state index in [9.17, 15) is 19.5 Å². The number of phenols is 1. The van der Waals surface area contributed by atoms with E-state index in [1.54, 1.807) is 49.9 Å². The largest absolute Gasteiger partial charge is 0.508 e. The van der Waals surface area contributed by atoms with Gasteiger partial charge in [-0.3, -0.25) is 9.59 Å². The average Bonchev–Trinajstić information content (AvgIpc) is 2.92. The summed E-state index contributed by atoms with van der Waals surface area (Å²) in [6.07, 6.45) is 5.14. The SMILES string of the molecule is CCC(C)(C)N(C(=O)C(Cc1ccc(O)cc1)NC(=O)OC(C)(C)C)C(C(=O)NC1CCCCC1)c1c(C)cccc1C. The highest BCUT2D eigenvalue weighted by Crippen LogP contribution is 2.36. The molecule has 0 spiro atoms. The minimum Gasteiger partial charge on any atom is -0.508 e. The molecule has 2 atom stereocenters. The van der Waals surface area contributed by atoms with Crippen molar-refractivity contribution in [1.29, 1.82) is 0 Å². The van der Waals surface area contributed by atoms with Gasteiger partial charge in [-0.2, -0.15) is 0 Å². The number of carbonyl (C=O) groups is 3. The van der Waals surface area contributed by atoms with Gasteiger partial charge in [-0.05, 0) is 102 Å². The fourth-order valence-corrected chi connectivity index (χ4v) is 5.79. The average molecular weight is 594 g/mol. The molecule has 3 rings (SSSR count). The summed E-state index contributed by atoms with van der Waals surface area (Å²) >= 11 is 0. The predicted molar refractivity (Wildman–Crippen MR) is 170 cm³/mol. The van der Waals surface area contributed by atoms with E-state index in [4.69, 9.17) is 4.74 Å². The number of hydrogen-bond acceptors (Lipinski definition) is 5. The van der Waals surface area contributed by atoms with E-state index in [1.807, 2.05) is 52.8 Å². The van der Waals surface area contributed by atoms with Gasteiger partial charge in [-0.15, -0.1) is 0 Å². The summed E-state index contributed by atoms with van der Waals surface area (Å²) in [7, 11) is 0. The van der Waals surface area contributed by atoms with E-state index in [0.29, 0.717) is 6.42 Å². The number of nitrogens with zero attached hydrogens (tertiary/aromatic N) is 1. The van der Waals surface area contributed by atoms with E-state index in [0.717, 1.165) is 54.4 Å². The molecule has 0 bridgehead atoms. The van der Waals surface area contributed by atoms with Gasteiger partial charge in [0.15, 0.2) is 0 Å². The number of aromatic hydroxyl groups is 1. The lowest BCUT2D eigenvalue weighted by Gasteiger charge is -2.45. The summed E-state index contributed by atoms with van der Waals surface area (Å²) in [5.74, 6) is -0.480. The number of rotatable bonds is 10. The summed E-state index contributed by atoms with van der Waals surface area (Å²) in [6, 6.07) is 10.6. The summed E-state index contributed by atoms with van der Waals surface area (Å²) in [5.41, 5.74) is 1.87. The highest BCUT2D eigenvalue weighted by molar-refractivity contribution is 5.93. The van der Waals surface area contributed by atoms with Crippen LogP contribution in [0.1, 0.15) is 108 Å². The molecule has 236 valence electrons. The minimum absolute atomic E-state index is 0.0578. The summed E-state index contributed by atoms with van der Waals surface area (Å²) in [5, 5.41) is 16.0. The number of carbonyl (C=O) groups excluding carboxylic acids is 3. The second-order valence-corrected chi connectivity index (χ2v) is 13.5. The molecule has 0 radical (unpaired) electrons. The van der Waals surface area contributed by atoms with Crippen LogP contribution in [-0.4, -0.2) is 51.1 Å². The van der Waals surface area contributed by atoms with Crippen molar-refractivity contribution in [2.75, 3.05) is 0 Å². The number of alkyl carbamates (subject to hydrolysis) is 1. The molecular formula is C35H51N3O5. The molecule has 2 aromatic rings. The van der Waals surface area contributed by atoms with Gasteiger partial charge in [0.05, 0.1) is 0 Å². The van der Waals surface area contributed by atoms with Crippen LogP contribution < -0.4 is 10.6 Å². The molecule has 2 unspecified atom stereocenters. The molecule has 8 heteroatoms. The molecule has 2 aromatic carbocycles. The van der Waals surface area contributed by atoms with Crippen LogP contribution >= 0.6 is 0 Å². The van der Waals surface area contributed by atoms with Crippen molar-refractivity contribution in [1.82, 2.24) is 15.5 Å². The first-order valence-corrected chi connectivity index (χ1v) is 15.6. The minimum atomic E-state index is -1.03. The summed E-state index contributed by atoms with van der Waals surface area (Å²) in [6.45, 7) is 15.2. The van der Waals surface area contributed by atoms with Gasteiger partial charge in [-0.1, -0.05) is 56.5 Å². The first-order valence-electron chi connectivity index (χ1n) is 15.6. The van der Waals surface area contributed by atoms with Crippen molar-refractivity contribution < 1.29 is 24.2 Å². The molecule has 0 heterocycles. The van der Waals surface area contributed by atoms with Crippen LogP contribution in [0.15, 0.2) is 42.5 Å². The smallest absolute Gasteiger partial charge is 0.408 e. The second kappa shape index (κ2) is 14.3. The number of benzene rings is 2. The van der Waals surface area contributed by atoms with Gasteiger partial charge >= 0.3 is 6.09 Å². The Kier molecular flexibility index (Phi) is 11.3. The van der Waals surface area contributed by atoms with E-state index in [2.05, 4.69) is 10.6 Å². The first kappa shape index (κ1) is 33.9. The van der Waals surface area contributed by atoms with Crippen LogP contribution in [0.4, 0.5) is 4.79 Å². The Hall–Kier alpha value is -3.55. The molecule has 3 N–H and O–H groups in total. The maximum absolute atomic E-state index is 14.9. The molecule has 0 saturated heterocycles. The van der Waals surface area contributed by atoms with Gasteiger partial charge in [-0.25, -0.2) is 4.79 Å². The molecule has 8 nitrogen and oxygen atoms in total. The lowest BCUT2D eigenvalue weighted by Crippen LogP contribution is -2.60. The molecule has 3 amide bonds. The topological polar surface area (TPSA) is 108 Å². The van der Waals surface area contributed by atoms with Gasteiger partial charge in [0.2, 0.25) is 11.8 Å². The van der Waals surface area contributed by atoms with Crippen molar-refractivity contribution in [2.45, 2.75) is 130 Å². The molecule has 1 aliphatic carbocycles. The van der Waals surface area contributed by atoms with Crippen LogP contribution in [0.3, 0.4) is 0 Å². The Morgan fingerprint density at radius 1 is 0.953 bits per heavy atom. The number of amides is 3. The second-order valence-electron chi connectivity index (χ2n) is 13.5. The highest BCUT2D eigenvalue weighted by Gasteiger charge is 2.44. The van der Waals surface area contributed by atoms with Gasteiger partial charge < -0.3 is 25.4 Å². The zero-order chi connectivity index (χ0) is 31.9. The Morgan fingerprint density at radius 3 is 2.07 bits per heavy atom. The Labute approximate surface area is 257 Å². The van der Waals surface area contributed by atoms with Crippen LogP contribution in [0, 0.1) is 13.8 Å². The Balaban J connectivity index is 2.14. The fourth-order valence-electron chi connectivity index (χ4n) is 5.79. The standard InChI is InChI=1S/C35H51N3O5/c1-9-35(7,8)38(30(29-23(2)14-13-15-24(29)3)31(40)36-26-16-11-10-12-17-26)32(41)28(37-33(42)43-34(4,5)6)22-25-18-20-27(39)21-19-25/h13-15,18-21,26,28,30,39H,9-12,16-17,22H2,1-8H3,(H,36,40)(H,37,42). The molecule has 1 aliphatic rings. The summed E-state index contributed by atoms with van der Waals surface area (Å²) < 4.78 is 5.56. The van der Waals surface area contributed by atoms with Crippen LogP contribution in [0.25, 0.3) is 0 Å². The summed E-state index contributed by atoms with van der Waals surface area (Å²) in [4.78, 5) is 44.1. The molecule has 1 fully saturated rings. The Bertz CT molecular complexity index is 1240. The van der Waals surface area contributed by atoms with Crippen molar-refractivity contribution in [3.8, 4) is 5.75 Å². The van der Waals surface area contributed by atoms with E-state index >= 15 is 0 Å². The number of nitrogens with one attached hydrogen (secondary N) is 2. The van der Waals surface area contributed by atoms with Crippen LogP contribution in [-0.2, 0) is 20.7 Å². The number of aryl methyl sites for hydroxylation is 2. The zero-order valence-corrected chi connectivity index (χ0v) is 27.3. The third-order valence-corrected chi connectivity index (χ3v) is 8.39.